The second kappa shape index (κ2) is 9.80. The molecule has 7 heteroatoms. The summed E-state index contributed by atoms with van der Waals surface area (Å²) in [6.45, 7) is 3.01. The van der Waals surface area contributed by atoms with E-state index in [-0.39, 0.29) is 5.91 Å². The number of halogens is 1. The molecule has 1 aliphatic rings. The summed E-state index contributed by atoms with van der Waals surface area (Å²) in [4.78, 5) is 14.9. The molecular formula is C21H25BrN2O4. The van der Waals surface area contributed by atoms with E-state index >= 15 is 0 Å². The van der Waals surface area contributed by atoms with Crippen LogP contribution in [0.2, 0.25) is 0 Å². The van der Waals surface area contributed by atoms with Crippen LogP contribution in [-0.4, -0.2) is 46.4 Å². The minimum Gasteiger partial charge on any atom is -0.493 e. The lowest BCUT2D eigenvalue weighted by Gasteiger charge is -2.30. The molecule has 2 aromatic carbocycles. The third-order valence-electron chi connectivity index (χ3n) is 4.69. The summed E-state index contributed by atoms with van der Waals surface area (Å²) in [6.07, 6.45) is 0.908. The fraction of sp³-hybridized carbons (Fsp3) is 0.381. The minimum atomic E-state index is -0.0440. The van der Waals surface area contributed by atoms with Gasteiger partial charge in [0.2, 0.25) is 5.91 Å². The number of nitrogens with one attached hydrogen (secondary N) is 1. The second-order valence-electron chi connectivity index (χ2n) is 6.46. The summed E-state index contributed by atoms with van der Waals surface area (Å²) in [6, 6.07) is 11.7. The number of carbonyl (C=O) groups excluding carboxylic acids is 1. The first kappa shape index (κ1) is 20.5. The molecule has 0 saturated carbocycles. The Morgan fingerprint density at radius 1 is 1.18 bits per heavy atom. The monoisotopic (exact) mass is 448 g/mol. The first-order valence-corrected chi connectivity index (χ1v) is 10.0. The molecular weight excluding hydrogens is 424 g/mol. The van der Waals surface area contributed by atoms with Crippen LogP contribution in [-0.2, 0) is 16.0 Å². The first-order valence-electron chi connectivity index (χ1n) is 9.24. The van der Waals surface area contributed by atoms with Gasteiger partial charge in [-0.25, -0.2) is 0 Å². The zero-order valence-corrected chi connectivity index (χ0v) is 17.8. The van der Waals surface area contributed by atoms with Crippen molar-refractivity contribution in [3.8, 4) is 11.5 Å². The number of amides is 1. The highest BCUT2D eigenvalue weighted by Crippen LogP contribution is 2.32. The van der Waals surface area contributed by atoms with E-state index in [1.165, 1.54) is 0 Å². The molecule has 0 atom stereocenters. The van der Waals surface area contributed by atoms with Gasteiger partial charge in [0.25, 0.3) is 0 Å². The van der Waals surface area contributed by atoms with Gasteiger partial charge in [-0.05, 0) is 36.2 Å². The van der Waals surface area contributed by atoms with Gasteiger partial charge in [0, 0.05) is 24.0 Å². The number of hydrogen-bond acceptors (Lipinski definition) is 5. The zero-order chi connectivity index (χ0) is 19.9. The number of aryl methyl sites for hydroxylation is 1. The van der Waals surface area contributed by atoms with Crippen molar-refractivity contribution in [3.05, 3.63) is 46.4 Å². The minimum absolute atomic E-state index is 0.0440. The standard InChI is InChI=1S/C21H25BrN2O4/c1-26-19-5-3-4-15(21(19)27-2)6-9-20(25)23-17-14-16(22)7-8-18(17)24-10-12-28-13-11-24/h3-5,7-8,14H,6,9-13H2,1-2H3,(H,23,25). The number of rotatable bonds is 7. The van der Waals surface area contributed by atoms with Crippen LogP contribution in [0.15, 0.2) is 40.9 Å². The topological polar surface area (TPSA) is 60.0 Å². The molecule has 1 fully saturated rings. The lowest BCUT2D eigenvalue weighted by molar-refractivity contribution is -0.116. The van der Waals surface area contributed by atoms with Gasteiger partial charge in [-0.1, -0.05) is 28.1 Å². The molecule has 1 heterocycles. The largest absolute Gasteiger partial charge is 0.493 e. The van der Waals surface area contributed by atoms with Gasteiger partial charge < -0.3 is 24.4 Å². The molecule has 1 amide bonds. The van der Waals surface area contributed by atoms with Crippen molar-refractivity contribution in [2.45, 2.75) is 12.8 Å². The highest BCUT2D eigenvalue weighted by molar-refractivity contribution is 9.10. The van der Waals surface area contributed by atoms with Gasteiger partial charge in [-0.3, -0.25) is 4.79 Å². The summed E-state index contributed by atoms with van der Waals surface area (Å²) in [5.41, 5.74) is 2.76. The Morgan fingerprint density at radius 3 is 2.68 bits per heavy atom. The molecule has 1 N–H and O–H groups in total. The van der Waals surface area contributed by atoms with Crippen LogP contribution in [0.5, 0.6) is 11.5 Å². The Labute approximate surface area is 173 Å². The average Bonchev–Trinajstić information content (AvgIpc) is 2.72. The smallest absolute Gasteiger partial charge is 0.224 e. The third-order valence-corrected chi connectivity index (χ3v) is 5.18. The fourth-order valence-corrected chi connectivity index (χ4v) is 3.66. The van der Waals surface area contributed by atoms with E-state index in [0.717, 1.165) is 34.5 Å². The van der Waals surface area contributed by atoms with Gasteiger partial charge in [-0.15, -0.1) is 0 Å². The number of ether oxygens (including phenoxy) is 3. The van der Waals surface area contributed by atoms with Gasteiger partial charge in [0.05, 0.1) is 38.8 Å². The number of morpholine rings is 1. The predicted octanol–water partition coefficient (Wildman–Crippen LogP) is 3.87. The Kier molecular flexibility index (Phi) is 7.17. The quantitative estimate of drug-likeness (QED) is 0.696. The number of methoxy groups -OCH3 is 2. The van der Waals surface area contributed by atoms with Crippen LogP contribution in [0.4, 0.5) is 11.4 Å². The number of nitrogens with zero attached hydrogens (tertiary/aromatic N) is 1. The molecule has 0 aliphatic carbocycles. The maximum atomic E-state index is 12.6. The highest BCUT2D eigenvalue weighted by Gasteiger charge is 2.17. The molecule has 6 nitrogen and oxygen atoms in total. The van der Waals surface area contributed by atoms with E-state index < -0.39 is 0 Å². The van der Waals surface area contributed by atoms with Crippen LogP contribution < -0.4 is 19.7 Å². The van der Waals surface area contributed by atoms with Gasteiger partial charge in [0.15, 0.2) is 11.5 Å². The van der Waals surface area contributed by atoms with Crippen molar-refractivity contribution in [1.82, 2.24) is 0 Å². The molecule has 28 heavy (non-hydrogen) atoms. The first-order chi connectivity index (χ1) is 13.6. The molecule has 0 bridgehead atoms. The number of hydrogen-bond donors (Lipinski definition) is 1. The number of anilines is 2. The Balaban J connectivity index is 1.69. The number of benzene rings is 2. The number of carbonyl (C=O) groups is 1. The lowest BCUT2D eigenvalue weighted by Crippen LogP contribution is -2.36. The second-order valence-corrected chi connectivity index (χ2v) is 7.38. The van der Waals surface area contributed by atoms with Crippen LogP contribution in [0.3, 0.4) is 0 Å². The van der Waals surface area contributed by atoms with Crippen LogP contribution in [0, 0.1) is 0 Å². The summed E-state index contributed by atoms with van der Waals surface area (Å²) in [5, 5.41) is 3.06. The van der Waals surface area contributed by atoms with E-state index in [0.29, 0.717) is 37.6 Å². The maximum Gasteiger partial charge on any atom is 0.224 e. The SMILES string of the molecule is COc1cccc(CCC(=O)Nc2cc(Br)ccc2N2CCOCC2)c1OC. The molecule has 0 spiro atoms. The molecule has 0 aromatic heterocycles. The normalized spacial score (nSPS) is 13.9. The maximum absolute atomic E-state index is 12.6. The highest BCUT2D eigenvalue weighted by atomic mass is 79.9. The van der Waals surface area contributed by atoms with E-state index in [1.54, 1.807) is 14.2 Å². The average molecular weight is 449 g/mol. The van der Waals surface area contributed by atoms with Crippen LogP contribution >= 0.6 is 15.9 Å². The van der Waals surface area contributed by atoms with Gasteiger partial charge >= 0.3 is 0 Å². The summed E-state index contributed by atoms with van der Waals surface area (Å²) in [7, 11) is 3.21. The van der Waals surface area contributed by atoms with Crippen molar-refractivity contribution >= 4 is 33.2 Å². The predicted molar refractivity (Wildman–Crippen MR) is 114 cm³/mol. The van der Waals surface area contributed by atoms with Gasteiger partial charge in [0.1, 0.15) is 0 Å². The third kappa shape index (κ3) is 4.97. The summed E-state index contributed by atoms with van der Waals surface area (Å²) < 4.78 is 17.1. The molecule has 1 aliphatic heterocycles. The van der Waals surface area contributed by atoms with Crippen molar-refractivity contribution in [1.29, 1.82) is 0 Å². The molecule has 0 unspecified atom stereocenters. The Bertz CT molecular complexity index is 822. The van der Waals surface area contributed by atoms with Crippen molar-refractivity contribution in [2.75, 3.05) is 50.7 Å². The van der Waals surface area contributed by atoms with Crippen LogP contribution in [0.25, 0.3) is 0 Å². The molecule has 1 saturated heterocycles. The van der Waals surface area contributed by atoms with Crippen LogP contribution in [0.1, 0.15) is 12.0 Å². The molecule has 0 radical (unpaired) electrons. The number of para-hydroxylation sites is 1. The summed E-state index contributed by atoms with van der Waals surface area (Å²) in [5.74, 6) is 1.30. The lowest BCUT2D eigenvalue weighted by atomic mass is 10.1. The van der Waals surface area contributed by atoms with Gasteiger partial charge in [-0.2, -0.15) is 0 Å². The molecule has 2 aromatic rings. The molecule has 3 rings (SSSR count). The Morgan fingerprint density at radius 2 is 1.96 bits per heavy atom. The van der Waals surface area contributed by atoms with Crippen molar-refractivity contribution in [3.63, 3.8) is 0 Å². The van der Waals surface area contributed by atoms with E-state index in [2.05, 4.69) is 26.1 Å². The van der Waals surface area contributed by atoms with E-state index in [4.69, 9.17) is 14.2 Å². The van der Waals surface area contributed by atoms with E-state index in [1.807, 2.05) is 36.4 Å². The van der Waals surface area contributed by atoms with Crippen molar-refractivity contribution in [2.24, 2.45) is 0 Å². The zero-order valence-electron chi connectivity index (χ0n) is 16.2. The summed E-state index contributed by atoms with van der Waals surface area (Å²) >= 11 is 3.50. The van der Waals surface area contributed by atoms with Crippen molar-refractivity contribution < 1.29 is 19.0 Å². The molecule has 150 valence electrons. The van der Waals surface area contributed by atoms with E-state index in [9.17, 15) is 4.79 Å². The fourth-order valence-electron chi connectivity index (χ4n) is 3.30. The Hall–Kier alpha value is -2.25.